The molecule has 2 rings (SSSR count). The van der Waals surface area contributed by atoms with Crippen molar-refractivity contribution in [3.8, 4) is 17.6 Å². The summed E-state index contributed by atoms with van der Waals surface area (Å²) in [6.07, 6.45) is 0. The van der Waals surface area contributed by atoms with E-state index in [1.165, 1.54) is 12.1 Å². The van der Waals surface area contributed by atoms with E-state index in [1.807, 2.05) is 6.07 Å². The molecule has 0 spiro atoms. The zero-order chi connectivity index (χ0) is 15.4. The van der Waals surface area contributed by atoms with Crippen LogP contribution in [0, 0.1) is 21.4 Å². The van der Waals surface area contributed by atoms with Gasteiger partial charge in [0.1, 0.15) is 11.8 Å². The maximum atomic E-state index is 11.0. The third-order valence-corrected chi connectivity index (χ3v) is 3.23. The molecule has 0 aliphatic heterocycles. The normalized spacial score (nSPS) is 9.95. The minimum atomic E-state index is -0.541. The van der Waals surface area contributed by atoms with Crippen molar-refractivity contribution in [3.05, 3.63) is 62.1 Å². The Morgan fingerprint density at radius 2 is 2.00 bits per heavy atom. The molecule has 0 aliphatic carbocycles. The third kappa shape index (κ3) is 3.37. The monoisotopic (exact) mass is 347 g/mol. The highest BCUT2D eigenvalue weighted by molar-refractivity contribution is 9.10. The quantitative estimate of drug-likeness (QED) is 0.673. The molecule has 2 aromatic rings. The first-order chi connectivity index (χ1) is 10.0. The van der Waals surface area contributed by atoms with Gasteiger partial charge in [0.2, 0.25) is 5.75 Å². The molecule has 0 saturated carbocycles. The molecule has 0 amide bonds. The summed E-state index contributed by atoms with van der Waals surface area (Å²) >= 11 is 3.17. The molecule has 0 unspecified atom stereocenters. The van der Waals surface area contributed by atoms with E-state index in [9.17, 15) is 10.1 Å². The van der Waals surface area contributed by atoms with Crippen LogP contribution in [-0.2, 0) is 6.54 Å². The lowest BCUT2D eigenvalue weighted by molar-refractivity contribution is -0.385. The SMILES string of the molecule is N#Cc1cc(CN)ccc1Oc1ccc(Br)cc1[N+](=O)[O-]. The van der Waals surface area contributed by atoms with E-state index in [1.54, 1.807) is 24.3 Å². The zero-order valence-corrected chi connectivity index (χ0v) is 12.3. The molecule has 0 atom stereocenters. The highest BCUT2D eigenvalue weighted by Crippen LogP contribution is 2.35. The van der Waals surface area contributed by atoms with Gasteiger partial charge in [0.25, 0.3) is 0 Å². The van der Waals surface area contributed by atoms with Gasteiger partial charge in [-0.1, -0.05) is 22.0 Å². The predicted octanol–water partition coefficient (Wildman–Crippen LogP) is 3.48. The molecule has 0 bridgehead atoms. The van der Waals surface area contributed by atoms with Crippen LogP contribution in [0.1, 0.15) is 11.1 Å². The van der Waals surface area contributed by atoms with Crippen LogP contribution in [0.25, 0.3) is 0 Å². The van der Waals surface area contributed by atoms with Gasteiger partial charge in [-0.3, -0.25) is 10.1 Å². The number of nitro groups is 1. The number of nitriles is 1. The molecule has 7 heteroatoms. The lowest BCUT2D eigenvalue weighted by atomic mass is 10.1. The highest BCUT2D eigenvalue weighted by atomic mass is 79.9. The molecule has 2 aromatic carbocycles. The van der Waals surface area contributed by atoms with Gasteiger partial charge in [-0.05, 0) is 29.8 Å². The van der Waals surface area contributed by atoms with Crippen LogP contribution in [0.15, 0.2) is 40.9 Å². The van der Waals surface area contributed by atoms with Gasteiger partial charge >= 0.3 is 5.69 Å². The summed E-state index contributed by atoms with van der Waals surface area (Å²) in [6, 6.07) is 11.3. The Morgan fingerprint density at radius 3 is 2.62 bits per heavy atom. The fourth-order valence-electron chi connectivity index (χ4n) is 1.72. The average Bonchev–Trinajstić information content (AvgIpc) is 2.49. The van der Waals surface area contributed by atoms with Crippen LogP contribution in [0.5, 0.6) is 11.5 Å². The van der Waals surface area contributed by atoms with Crippen molar-refractivity contribution in [2.45, 2.75) is 6.54 Å². The number of benzene rings is 2. The molecule has 106 valence electrons. The van der Waals surface area contributed by atoms with Crippen molar-refractivity contribution in [1.82, 2.24) is 0 Å². The van der Waals surface area contributed by atoms with Crippen LogP contribution in [0.3, 0.4) is 0 Å². The van der Waals surface area contributed by atoms with E-state index in [2.05, 4.69) is 15.9 Å². The van der Waals surface area contributed by atoms with Crippen LogP contribution in [-0.4, -0.2) is 4.92 Å². The van der Waals surface area contributed by atoms with E-state index in [0.717, 1.165) is 5.56 Å². The summed E-state index contributed by atoms with van der Waals surface area (Å²) in [7, 11) is 0. The second kappa shape index (κ2) is 6.35. The number of nitro benzene ring substituents is 1. The van der Waals surface area contributed by atoms with Crippen molar-refractivity contribution < 1.29 is 9.66 Å². The summed E-state index contributed by atoms with van der Waals surface area (Å²) in [5.74, 6) is 0.320. The van der Waals surface area contributed by atoms with Crippen LogP contribution < -0.4 is 10.5 Å². The average molecular weight is 348 g/mol. The third-order valence-electron chi connectivity index (χ3n) is 2.74. The van der Waals surface area contributed by atoms with Crippen molar-refractivity contribution in [3.63, 3.8) is 0 Å². The second-order valence-electron chi connectivity index (χ2n) is 4.12. The number of nitrogens with zero attached hydrogens (tertiary/aromatic N) is 2. The Morgan fingerprint density at radius 1 is 1.29 bits per heavy atom. The molecular formula is C14H10BrN3O3. The van der Waals surface area contributed by atoms with Gasteiger partial charge in [-0.2, -0.15) is 5.26 Å². The van der Waals surface area contributed by atoms with Gasteiger partial charge in [-0.15, -0.1) is 0 Å². The zero-order valence-electron chi connectivity index (χ0n) is 10.7. The summed E-state index contributed by atoms with van der Waals surface area (Å²) in [5, 5.41) is 20.2. The maximum absolute atomic E-state index is 11.0. The van der Waals surface area contributed by atoms with Crippen molar-refractivity contribution in [1.29, 1.82) is 5.26 Å². The Bertz CT molecular complexity index is 741. The highest BCUT2D eigenvalue weighted by Gasteiger charge is 2.17. The van der Waals surface area contributed by atoms with Crippen LogP contribution in [0.2, 0.25) is 0 Å². The number of ether oxygens (including phenoxy) is 1. The van der Waals surface area contributed by atoms with E-state index in [0.29, 0.717) is 11.0 Å². The fraction of sp³-hybridized carbons (Fsp3) is 0.0714. The first-order valence-electron chi connectivity index (χ1n) is 5.90. The molecule has 0 radical (unpaired) electrons. The summed E-state index contributed by atoms with van der Waals surface area (Å²) in [6.45, 7) is 0.299. The summed E-state index contributed by atoms with van der Waals surface area (Å²) in [4.78, 5) is 10.5. The van der Waals surface area contributed by atoms with Gasteiger partial charge in [0, 0.05) is 17.1 Å². The second-order valence-corrected chi connectivity index (χ2v) is 5.03. The molecule has 6 nitrogen and oxygen atoms in total. The fourth-order valence-corrected chi connectivity index (χ4v) is 2.07. The molecule has 2 N–H and O–H groups in total. The maximum Gasteiger partial charge on any atom is 0.312 e. The Kier molecular flexibility index (Phi) is 4.52. The minimum absolute atomic E-state index is 0.0696. The van der Waals surface area contributed by atoms with Crippen molar-refractivity contribution >= 4 is 21.6 Å². The number of hydrogen-bond acceptors (Lipinski definition) is 5. The van der Waals surface area contributed by atoms with Crippen molar-refractivity contribution in [2.24, 2.45) is 5.73 Å². The minimum Gasteiger partial charge on any atom is -0.449 e. The summed E-state index contributed by atoms with van der Waals surface area (Å²) < 4.78 is 6.09. The first kappa shape index (κ1) is 15.0. The van der Waals surface area contributed by atoms with Gasteiger partial charge in [0.05, 0.1) is 10.5 Å². The van der Waals surface area contributed by atoms with E-state index in [-0.39, 0.29) is 22.7 Å². The lowest BCUT2D eigenvalue weighted by Gasteiger charge is -2.09. The Labute approximate surface area is 129 Å². The standard InChI is InChI=1S/C14H10BrN3O3/c15-11-2-4-14(12(6-11)18(19)20)21-13-3-1-9(7-16)5-10(13)8-17/h1-6H,7,16H2. The van der Waals surface area contributed by atoms with Gasteiger partial charge < -0.3 is 10.5 Å². The van der Waals surface area contributed by atoms with Gasteiger partial charge in [-0.25, -0.2) is 0 Å². The number of hydrogen-bond donors (Lipinski definition) is 1. The topological polar surface area (TPSA) is 102 Å². The molecule has 0 aliphatic rings. The largest absolute Gasteiger partial charge is 0.449 e. The Balaban J connectivity index is 2.43. The van der Waals surface area contributed by atoms with E-state index < -0.39 is 4.92 Å². The Hall–Kier alpha value is -2.43. The number of rotatable bonds is 4. The number of nitrogens with two attached hydrogens (primary N) is 1. The van der Waals surface area contributed by atoms with E-state index >= 15 is 0 Å². The van der Waals surface area contributed by atoms with Crippen LogP contribution in [0.4, 0.5) is 5.69 Å². The molecule has 0 heterocycles. The smallest absolute Gasteiger partial charge is 0.312 e. The molecular weight excluding hydrogens is 338 g/mol. The van der Waals surface area contributed by atoms with Crippen molar-refractivity contribution in [2.75, 3.05) is 0 Å². The molecule has 21 heavy (non-hydrogen) atoms. The molecule has 0 saturated heterocycles. The lowest BCUT2D eigenvalue weighted by Crippen LogP contribution is -1.98. The first-order valence-corrected chi connectivity index (χ1v) is 6.69. The predicted molar refractivity (Wildman–Crippen MR) is 79.9 cm³/mol. The van der Waals surface area contributed by atoms with E-state index in [4.69, 9.17) is 15.7 Å². The van der Waals surface area contributed by atoms with Gasteiger partial charge in [0.15, 0.2) is 0 Å². The number of halogens is 1. The molecule has 0 aromatic heterocycles. The van der Waals surface area contributed by atoms with Crippen LogP contribution >= 0.6 is 15.9 Å². The molecule has 0 fully saturated rings. The summed E-state index contributed by atoms with van der Waals surface area (Å²) in [5.41, 5.74) is 6.38.